The van der Waals surface area contributed by atoms with Gasteiger partial charge >= 0.3 is 0 Å². The molecule has 2 aromatic rings. The van der Waals surface area contributed by atoms with Gasteiger partial charge in [0, 0.05) is 6.07 Å². The minimum atomic E-state index is -0.652. The first kappa shape index (κ1) is 13.4. The molecule has 0 heterocycles. The Morgan fingerprint density at radius 2 is 1.95 bits per heavy atom. The number of hydrogen-bond acceptors (Lipinski definition) is 3. The number of amides is 1. The van der Waals surface area contributed by atoms with Gasteiger partial charge in [0.2, 0.25) is 0 Å². The van der Waals surface area contributed by atoms with Crippen molar-refractivity contribution in [3.63, 3.8) is 0 Å². The average Bonchev–Trinajstić information content (AvgIpc) is 2.36. The average molecular weight is 325 g/mol. The molecule has 2 rings (SSSR count). The molecule has 19 heavy (non-hydrogen) atoms. The quantitative estimate of drug-likeness (QED) is 0.851. The van der Waals surface area contributed by atoms with Gasteiger partial charge in [-0.3, -0.25) is 4.79 Å². The molecule has 98 valence electrons. The van der Waals surface area contributed by atoms with Crippen LogP contribution >= 0.6 is 15.9 Å². The van der Waals surface area contributed by atoms with E-state index in [1.165, 1.54) is 24.3 Å². The number of para-hydroxylation sites is 1. The lowest BCUT2D eigenvalue weighted by molar-refractivity contribution is 0.100. The maximum atomic E-state index is 13.2. The maximum Gasteiger partial charge on any atom is 0.250 e. The van der Waals surface area contributed by atoms with E-state index in [0.717, 1.165) is 0 Å². The molecule has 4 N–H and O–H groups in total. The van der Waals surface area contributed by atoms with Gasteiger partial charge in [-0.2, -0.15) is 0 Å². The molecule has 0 spiro atoms. The summed E-state index contributed by atoms with van der Waals surface area (Å²) in [6.07, 6.45) is 0. The van der Waals surface area contributed by atoms with Gasteiger partial charge in [0.05, 0.1) is 15.7 Å². The molecule has 0 aliphatic heterocycles. The summed E-state index contributed by atoms with van der Waals surface area (Å²) in [4.78, 5) is 11.2. The van der Waals surface area contributed by atoms with E-state index in [9.17, 15) is 9.18 Å². The monoisotopic (exact) mass is 324 g/mol. The van der Waals surface area contributed by atoms with E-state index in [1.54, 1.807) is 12.1 Å². The van der Waals surface area contributed by atoms with Crippen LogP contribution in [0.4, 0.5) is 10.1 Å². The van der Waals surface area contributed by atoms with Gasteiger partial charge in [-0.05, 0) is 40.2 Å². The molecular formula is C13H10BrFN2O2. The lowest BCUT2D eigenvalue weighted by atomic mass is 10.1. The van der Waals surface area contributed by atoms with Gasteiger partial charge in [0.1, 0.15) is 11.6 Å². The fraction of sp³-hybridized carbons (Fsp3) is 0. The topological polar surface area (TPSA) is 78.3 Å². The van der Waals surface area contributed by atoms with Crippen LogP contribution in [0, 0.1) is 5.82 Å². The molecule has 0 aromatic heterocycles. The number of nitrogens with two attached hydrogens (primary N) is 2. The van der Waals surface area contributed by atoms with Crippen molar-refractivity contribution in [2.75, 3.05) is 5.73 Å². The minimum Gasteiger partial charge on any atom is -0.454 e. The Labute approximate surface area is 117 Å². The summed E-state index contributed by atoms with van der Waals surface area (Å²) in [6.45, 7) is 0. The number of rotatable bonds is 3. The summed E-state index contributed by atoms with van der Waals surface area (Å²) in [5.74, 6) is -0.597. The summed E-state index contributed by atoms with van der Waals surface area (Å²) < 4.78 is 19.2. The summed E-state index contributed by atoms with van der Waals surface area (Å²) in [5, 5.41) is 0. The van der Waals surface area contributed by atoms with Gasteiger partial charge in [0.15, 0.2) is 5.75 Å². The Balaban J connectivity index is 2.41. The second-order valence-corrected chi connectivity index (χ2v) is 4.61. The zero-order valence-corrected chi connectivity index (χ0v) is 11.3. The Morgan fingerprint density at radius 3 is 2.63 bits per heavy atom. The first-order chi connectivity index (χ1) is 8.99. The summed E-state index contributed by atoms with van der Waals surface area (Å²) in [6, 6.07) is 8.66. The van der Waals surface area contributed by atoms with Crippen LogP contribution < -0.4 is 16.2 Å². The molecule has 0 aliphatic rings. The highest BCUT2D eigenvalue weighted by atomic mass is 79.9. The third-order valence-electron chi connectivity index (χ3n) is 2.44. The third-order valence-corrected chi connectivity index (χ3v) is 3.10. The van der Waals surface area contributed by atoms with Crippen LogP contribution in [0.25, 0.3) is 0 Å². The highest BCUT2D eigenvalue weighted by molar-refractivity contribution is 9.10. The third kappa shape index (κ3) is 2.85. The van der Waals surface area contributed by atoms with Crippen molar-refractivity contribution >= 4 is 27.5 Å². The zero-order valence-electron chi connectivity index (χ0n) is 9.69. The van der Waals surface area contributed by atoms with E-state index in [0.29, 0.717) is 4.47 Å². The minimum absolute atomic E-state index is 0.117. The van der Waals surface area contributed by atoms with Crippen LogP contribution in [0.1, 0.15) is 10.4 Å². The van der Waals surface area contributed by atoms with Crippen molar-refractivity contribution in [1.29, 1.82) is 0 Å². The van der Waals surface area contributed by atoms with Crippen LogP contribution in [0.2, 0.25) is 0 Å². The molecule has 0 aliphatic carbocycles. The summed E-state index contributed by atoms with van der Waals surface area (Å²) in [7, 11) is 0. The van der Waals surface area contributed by atoms with Gasteiger partial charge < -0.3 is 16.2 Å². The Kier molecular flexibility index (Phi) is 3.71. The number of anilines is 1. The van der Waals surface area contributed by atoms with E-state index in [-0.39, 0.29) is 22.7 Å². The Bertz CT molecular complexity index is 647. The lowest BCUT2D eigenvalue weighted by Crippen LogP contribution is -2.13. The zero-order chi connectivity index (χ0) is 14.0. The Hall–Kier alpha value is -2.08. The number of carbonyl (C=O) groups excluding carboxylic acids is 1. The second-order valence-electron chi connectivity index (χ2n) is 3.76. The number of halogens is 2. The normalized spacial score (nSPS) is 10.2. The van der Waals surface area contributed by atoms with Crippen LogP contribution in [0.5, 0.6) is 11.5 Å². The number of nitrogen functional groups attached to an aromatic ring is 1. The Morgan fingerprint density at radius 1 is 1.21 bits per heavy atom. The van der Waals surface area contributed by atoms with E-state index in [1.807, 2.05) is 0 Å². The first-order valence-electron chi connectivity index (χ1n) is 5.30. The smallest absolute Gasteiger partial charge is 0.250 e. The number of primary amides is 1. The number of carbonyl (C=O) groups is 1. The molecule has 0 saturated carbocycles. The molecule has 0 unspecified atom stereocenters. The van der Waals surface area contributed by atoms with Crippen LogP contribution in [-0.4, -0.2) is 5.91 Å². The van der Waals surface area contributed by atoms with Gasteiger partial charge in [-0.15, -0.1) is 0 Å². The van der Waals surface area contributed by atoms with E-state index in [4.69, 9.17) is 16.2 Å². The van der Waals surface area contributed by atoms with Gasteiger partial charge in [0.25, 0.3) is 5.91 Å². The molecule has 0 saturated heterocycles. The van der Waals surface area contributed by atoms with Gasteiger partial charge in [-0.1, -0.05) is 6.07 Å². The van der Waals surface area contributed by atoms with Gasteiger partial charge in [-0.25, -0.2) is 4.39 Å². The molecule has 0 atom stereocenters. The highest BCUT2D eigenvalue weighted by Crippen LogP contribution is 2.34. The van der Waals surface area contributed by atoms with Crippen molar-refractivity contribution < 1.29 is 13.9 Å². The number of hydrogen-bond donors (Lipinski definition) is 2. The van der Waals surface area contributed by atoms with E-state index in [2.05, 4.69) is 15.9 Å². The summed E-state index contributed by atoms with van der Waals surface area (Å²) >= 11 is 3.24. The van der Waals surface area contributed by atoms with Crippen molar-refractivity contribution in [2.45, 2.75) is 0 Å². The van der Waals surface area contributed by atoms with Crippen LogP contribution in [-0.2, 0) is 0 Å². The fourth-order valence-corrected chi connectivity index (χ4v) is 1.85. The lowest BCUT2D eigenvalue weighted by Gasteiger charge is -2.11. The second kappa shape index (κ2) is 5.27. The number of benzene rings is 2. The largest absolute Gasteiger partial charge is 0.454 e. The van der Waals surface area contributed by atoms with Crippen LogP contribution in [0.3, 0.4) is 0 Å². The van der Waals surface area contributed by atoms with Crippen molar-refractivity contribution in [3.05, 3.63) is 52.3 Å². The fourth-order valence-electron chi connectivity index (χ4n) is 1.52. The predicted octanol–water partition coefficient (Wildman–Crippen LogP) is 3.06. The van der Waals surface area contributed by atoms with E-state index < -0.39 is 11.7 Å². The first-order valence-corrected chi connectivity index (χ1v) is 6.09. The van der Waals surface area contributed by atoms with E-state index >= 15 is 0 Å². The maximum absolute atomic E-state index is 13.2. The highest BCUT2D eigenvalue weighted by Gasteiger charge is 2.12. The molecule has 4 nitrogen and oxygen atoms in total. The number of ether oxygens (including phenoxy) is 1. The predicted molar refractivity (Wildman–Crippen MR) is 73.5 cm³/mol. The molecule has 0 radical (unpaired) electrons. The molecule has 6 heteroatoms. The SMILES string of the molecule is NC(=O)c1cccc(Oc2cc(F)ccc2Br)c1N. The van der Waals surface area contributed by atoms with Crippen molar-refractivity contribution in [3.8, 4) is 11.5 Å². The molecule has 2 aromatic carbocycles. The van der Waals surface area contributed by atoms with Crippen molar-refractivity contribution in [2.24, 2.45) is 5.73 Å². The van der Waals surface area contributed by atoms with Crippen LogP contribution in [0.15, 0.2) is 40.9 Å². The molecule has 0 fully saturated rings. The van der Waals surface area contributed by atoms with Crippen molar-refractivity contribution in [1.82, 2.24) is 0 Å². The summed E-state index contributed by atoms with van der Waals surface area (Å²) in [5.41, 5.74) is 11.2. The standard InChI is InChI=1S/C13H10BrFN2O2/c14-9-5-4-7(15)6-11(9)19-10-3-1-2-8(12(10)16)13(17)18/h1-6H,16H2,(H2,17,18). The molecule has 1 amide bonds. The molecule has 0 bridgehead atoms. The molecular weight excluding hydrogens is 315 g/mol.